The van der Waals surface area contributed by atoms with E-state index in [9.17, 15) is 14.4 Å². The number of carbonyl (C=O) groups is 3. The van der Waals surface area contributed by atoms with Crippen LogP contribution in [0.2, 0.25) is 0 Å². The fourth-order valence-electron chi connectivity index (χ4n) is 2.94. The molecule has 160 valence electrons. The van der Waals surface area contributed by atoms with E-state index >= 15 is 0 Å². The summed E-state index contributed by atoms with van der Waals surface area (Å²) < 4.78 is 10.5. The first-order valence-electron chi connectivity index (χ1n) is 9.52. The van der Waals surface area contributed by atoms with Gasteiger partial charge in [0.2, 0.25) is 11.8 Å². The van der Waals surface area contributed by atoms with E-state index in [1.807, 2.05) is 30.3 Å². The lowest BCUT2D eigenvalue weighted by molar-refractivity contribution is -0.113. The third-order valence-corrected chi connectivity index (χ3v) is 5.16. The Kier molecular flexibility index (Phi) is 7.19. The van der Waals surface area contributed by atoms with Gasteiger partial charge >= 0.3 is 5.97 Å². The average molecular weight is 439 g/mol. The number of furan rings is 1. The Morgan fingerprint density at radius 3 is 2.55 bits per heavy atom. The number of aryl methyl sites for hydroxylation is 1. The van der Waals surface area contributed by atoms with Gasteiger partial charge in [-0.3, -0.25) is 14.9 Å². The third kappa shape index (κ3) is 5.37. The summed E-state index contributed by atoms with van der Waals surface area (Å²) in [5.74, 6) is -1.34. The van der Waals surface area contributed by atoms with Gasteiger partial charge in [-0.15, -0.1) is 0 Å². The van der Waals surface area contributed by atoms with E-state index < -0.39 is 11.9 Å². The number of anilines is 1. The molecule has 31 heavy (non-hydrogen) atoms. The number of Topliss-reactive ketones (excluding diaryl/α,β-unsaturated/α-hetero) is 1. The van der Waals surface area contributed by atoms with Gasteiger partial charge in [-0.1, -0.05) is 42.1 Å². The number of carbonyl (C=O) groups excluding carboxylic acids is 3. The predicted octanol–water partition coefficient (Wildman–Crippen LogP) is 4.16. The van der Waals surface area contributed by atoms with Crippen molar-refractivity contribution in [2.24, 2.45) is 0 Å². The lowest BCUT2D eigenvalue weighted by atomic mass is 10.1. The second-order valence-electron chi connectivity index (χ2n) is 6.46. The van der Waals surface area contributed by atoms with Crippen LogP contribution in [0.4, 0.5) is 5.88 Å². The van der Waals surface area contributed by atoms with E-state index in [-0.39, 0.29) is 40.9 Å². The van der Waals surface area contributed by atoms with Gasteiger partial charge in [-0.2, -0.15) is 0 Å². The van der Waals surface area contributed by atoms with E-state index in [1.165, 1.54) is 25.0 Å². The average Bonchev–Trinajstić information content (AvgIpc) is 3.09. The number of benzene rings is 1. The Labute approximate surface area is 183 Å². The van der Waals surface area contributed by atoms with Crippen molar-refractivity contribution in [2.45, 2.75) is 25.8 Å². The van der Waals surface area contributed by atoms with E-state index in [2.05, 4.69) is 15.3 Å². The van der Waals surface area contributed by atoms with Crippen molar-refractivity contribution in [3.63, 3.8) is 0 Å². The quantitative estimate of drug-likeness (QED) is 0.241. The molecular formula is C22H21N3O5S. The van der Waals surface area contributed by atoms with Crippen molar-refractivity contribution in [3.05, 3.63) is 59.6 Å². The molecule has 2 aromatic heterocycles. The Morgan fingerprint density at radius 1 is 1.13 bits per heavy atom. The number of amides is 1. The van der Waals surface area contributed by atoms with Crippen LogP contribution in [-0.2, 0) is 9.53 Å². The molecule has 2 heterocycles. The van der Waals surface area contributed by atoms with Gasteiger partial charge in [0.05, 0.1) is 23.6 Å². The molecule has 0 fully saturated rings. The zero-order chi connectivity index (χ0) is 22.4. The minimum Gasteiger partial charge on any atom is -0.462 e. The van der Waals surface area contributed by atoms with Crippen molar-refractivity contribution in [2.75, 3.05) is 17.7 Å². The second kappa shape index (κ2) is 10.0. The molecule has 1 aromatic carbocycles. The van der Waals surface area contributed by atoms with Crippen LogP contribution in [0.1, 0.15) is 40.3 Å². The van der Waals surface area contributed by atoms with Gasteiger partial charge in [-0.05, 0) is 26.8 Å². The van der Waals surface area contributed by atoms with Crippen molar-refractivity contribution in [3.8, 4) is 11.3 Å². The standard InChI is InChI=1S/C22H21N3O5S/c1-4-29-22(28)20-19(13(2)26)14(3)30-21(20)25-17(27)11-31-18-10-16(23-12-24-18)15-8-6-5-7-9-15/h5-10,12H,4,11H2,1-3H3,(H,25,27). The smallest absolute Gasteiger partial charge is 0.344 e. The first-order chi connectivity index (χ1) is 14.9. The van der Waals surface area contributed by atoms with E-state index in [4.69, 9.17) is 9.15 Å². The van der Waals surface area contributed by atoms with Gasteiger partial charge in [-0.25, -0.2) is 14.8 Å². The highest BCUT2D eigenvalue weighted by Gasteiger charge is 2.28. The maximum Gasteiger partial charge on any atom is 0.344 e. The molecule has 0 aliphatic heterocycles. The molecule has 8 nitrogen and oxygen atoms in total. The molecule has 0 spiro atoms. The number of rotatable bonds is 8. The van der Waals surface area contributed by atoms with Crippen molar-refractivity contribution >= 4 is 35.3 Å². The lowest BCUT2D eigenvalue weighted by Gasteiger charge is -2.06. The Morgan fingerprint density at radius 2 is 1.87 bits per heavy atom. The molecule has 1 N–H and O–H groups in total. The Hall–Kier alpha value is -3.46. The third-order valence-electron chi connectivity index (χ3n) is 4.23. The van der Waals surface area contributed by atoms with E-state index in [0.29, 0.717) is 5.03 Å². The molecule has 9 heteroatoms. The number of ether oxygens (including phenoxy) is 1. The number of aromatic nitrogens is 2. The van der Waals surface area contributed by atoms with Crippen LogP contribution in [0.25, 0.3) is 11.3 Å². The maximum atomic E-state index is 12.5. The largest absolute Gasteiger partial charge is 0.462 e. The maximum absolute atomic E-state index is 12.5. The molecule has 0 saturated heterocycles. The molecule has 0 radical (unpaired) electrons. The van der Waals surface area contributed by atoms with Gasteiger partial charge in [0, 0.05) is 5.56 Å². The number of ketones is 1. The van der Waals surface area contributed by atoms with Crippen LogP contribution >= 0.6 is 11.8 Å². The number of hydrogen-bond donors (Lipinski definition) is 1. The van der Waals surface area contributed by atoms with Crippen LogP contribution < -0.4 is 5.32 Å². The predicted molar refractivity (Wildman–Crippen MR) is 116 cm³/mol. The van der Waals surface area contributed by atoms with Crippen LogP contribution in [0.15, 0.2) is 52.2 Å². The topological polar surface area (TPSA) is 111 Å². The summed E-state index contributed by atoms with van der Waals surface area (Å²) in [6.45, 7) is 4.65. The van der Waals surface area contributed by atoms with Crippen molar-refractivity contribution in [1.29, 1.82) is 0 Å². The highest BCUT2D eigenvalue weighted by Crippen LogP contribution is 2.29. The van der Waals surface area contributed by atoms with Crippen LogP contribution in [0, 0.1) is 6.92 Å². The molecular weight excluding hydrogens is 418 g/mol. The van der Waals surface area contributed by atoms with Gasteiger partial charge < -0.3 is 9.15 Å². The highest BCUT2D eigenvalue weighted by molar-refractivity contribution is 7.99. The summed E-state index contributed by atoms with van der Waals surface area (Å²) >= 11 is 1.21. The Bertz CT molecular complexity index is 1110. The van der Waals surface area contributed by atoms with Gasteiger partial charge in [0.1, 0.15) is 22.7 Å². The minimum absolute atomic E-state index is 0.0165. The fraction of sp³-hybridized carbons (Fsp3) is 0.227. The molecule has 1 amide bonds. The lowest BCUT2D eigenvalue weighted by Crippen LogP contribution is -2.17. The molecule has 3 rings (SSSR count). The summed E-state index contributed by atoms with van der Waals surface area (Å²) in [6, 6.07) is 11.4. The van der Waals surface area contributed by atoms with Crippen LogP contribution in [0.3, 0.4) is 0 Å². The highest BCUT2D eigenvalue weighted by atomic mass is 32.2. The molecule has 0 atom stereocenters. The normalized spacial score (nSPS) is 10.5. The summed E-state index contributed by atoms with van der Waals surface area (Å²) in [4.78, 5) is 45.2. The monoisotopic (exact) mass is 439 g/mol. The molecule has 3 aromatic rings. The number of esters is 1. The second-order valence-corrected chi connectivity index (χ2v) is 7.45. The first kappa shape index (κ1) is 22.2. The molecule has 0 aliphatic rings. The van der Waals surface area contributed by atoms with Crippen LogP contribution in [-0.4, -0.2) is 40.0 Å². The van der Waals surface area contributed by atoms with Gasteiger partial charge in [0.25, 0.3) is 0 Å². The van der Waals surface area contributed by atoms with E-state index in [1.54, 1.807) is 19.9 Å². The summed E-state index contributed by atoms with van der Waals surface area (Å²) in [5.41, 5.74) is 1.72. The number of hydrogen-bond acceptors (Lipinski definition) is 8. The molecule has 0 aliphatic carbocycles. The van der Waals surface area contributed by atoms with Crippen LogP contribution in [0.5, 0.6) is 0 Å². The summed E-state index contributed by atoms with van der Waals surface area (Å²) in [7, 11) is 0. The van der Waals surface area contributed by atoms with E-state index in [0.717, 1.165) is 11.3 Å². The molecule has 0 unspecified atom stereocenters. The zero-order valence-corrected chi connectivity index (χ0v) is 18.1. The Balaban J connectivity index is 1.73. The number of nitrogens with one attached hydrogen (secondary N) is 1. The first-order valence-corrected chi connectivity index (χ1v) is 10.5. The molecule has 0 saturated carbocycles. The fourth-order valence-corrected chi connectivity index (χ4v) is 3.61. The van der Waals surface area contributed by atoms with Gasteiger partial charge in [0.15, 0.2) is 5.78 Å². The summed E-state index contributed by atoms with van der Waals surface area (Å²) in [6.07, 6.45) is 1.44. The van der Waals surface area contributed by atoms with Crippen molar-refractivity contribution < 1.29 is 23.5 Å². The molecule has 0 bridgehead atoms. The number of nitrogens with zero attached hydrogens (tertiary/aromatic N) is 2. The van der Waals surface area contributed by atoms with Crippen molar-refractivity contribution in [1.82, 2.24) is 9.97 Å². The zero-order valence-electron chi connectivity index (χ0n) is 17.3. The number of thioether (sulfide) groups is 1. The summed E-state index contributed by atoms with van der Waals surface area (Å²) in [5, 5.41) is 3.18. The SMILES string of the molecule is CCOC(=O)c1c(NC(=O)CSc2cc(-c3ccccc3)ncn2)oc(C)c1C(C)=O. The minimum atomic E-state index is -0.726.